The van der Waals surface area contributed by atoms with Gasteiger partial charge in [0.25, 0.3) is 0 Å². The number of carboxylic acid groups (broad SMARTS) is 1. The van der Waals surface area contributed by atoms with E-state index in [1.165, 1.54) is 6.20 Å². The van der Waals surface area contributed by atoms with Crippen molar-refractivity contribution in [3.05, 3.63) is 11.8 Å². The van der Waals surface area contributed by atoms with Gasteiger partial charge in [0.05, 0.1) is 5.57 Å². The molecule has 1 unspecified atom stereocenters. The molecule has 4 nitrogen and oxygen atoms in total. The predicted molar refractivity (Wildman–Crippen MR) is 49.3 cm³/mol. The Morgan fingerprint density at radius 1 is 1.54 bits per heavy atom. The molecule has 0 aliphatic carbocycles. The summed E-state index contributed by atoms with van der Waals surface area (Å²) >= 11 is 0. The molecule has 0 rings (SSSR count). The second-order valence-electron chi connectivity index (χ2n) is 3.16. The zero-order valence-electron chi connectivity index (χ0n) is 8.15. The first kappa shape index (κ1) is 11.7. The molecule has 4 heteroatoms. The van der Waals surface area contributed by atoms with Gasteiger partial charge in [-0.25, -0.2) is 4.79 Å². The summed E-state index contributed by atoms with van der Waals surface area (Å²) in [5, 5.41) is 8.81. The quantitative estimate of drug-likeness (QED) is 0.507. The maximum Gasteiger partial charge on any atom is 0.333 e. The minimum absolute atomic E-state index is 0.239. The van der Waals surface area contributed by atoms with Crippen LogP contribution in [0, 0.1) is 5.92 Å². The van der Waals surface area contributed by atoms with Gasteiger partial charge in [0.2, 0.25) is 0 Å². The molecule has 74 valence electrons. The van der Waals surface area contributed by atoms with E-state index in [9.17, 15) is 9.59 Å². The molecular weight excluding hydrogens is 170 g/mol. The van der Waals surface area contributed by atoms with Gasteiger partial charge in [-0.05, 0) is 5.92 Å². The van der Waals surface area contributed by atoms with Gasteiger partial charge in [-0.1, -0.05) is 6.92 Å². The second-order valence-corrected chi connectivity index (χ2v) is 3.16. The van der Waals surface area contributed by atoms with Crippen LogP contribution >= 0.6 is 0 Å². The molecule has 1 atom stereocenters. The normalized spacial score (nSPS) is 13.6. The summed E-state index contributed by atoms with van der Waals surface area (Å²) in [4.78, 5) is 22.6. The topological polar surface area (TPSA) is 57.6 Å². The zero-order chi connectivity index (χ0) is 10.4. The maximum absolute atomic E-state index is 10.7. The van der Waals surface area contributed by atoms with Gasteiger partial charge in [-0.15, -0.1) is 0 Å². The largest absolute Gasteiger partial charge is 0.478 e. The lowest BCUT2D eigenvalue weighted by molar-refractivity contribution is -0.133. The molecule has 0 radical (unpaired) electrons. The standard InChI is InChI=1S/C9H15NO3/c1-7(4-5-11)8(9(12)13)6-10(2)3/h5-7H,4H2,1-3H3,(H,12,13)/b8-6-. The summed E-state index contributed by atoms with van der Waals surface area (Å²) in [7, 11) is 3.49. The Hall–Kier alpha value is -1.32. The van der Waals surface area contributed by atoms with E-state index in [4.69, 9.17) is 5.11 Å². The Balaban J connectivity index is 4.60. The van der Waals surface area contributed by atoms with Crippen molar-refractivity contribution in [2.75, 3.05) is 14.1 Å². The molecule has 0 fully saturated rings. The summed E-state index contributed by atoms with van der Waals surface area (Å²) < 4.78 is 0. The fourth-order valence-corrected chi connectivity index (χ4v) is 0.943. The van der Waals surface area contributed by atoms with Gasteiger partial charge >= 0.3 is 5.97 Å². The third-order valence-corrected chi connectivity index (χ3v) is 1.62. The average molecular weight is 185 g/mol. The molecule has 0 saturated carbocycles. The predicted octanol–water partition coefficient (Wildman–Crippen LogP) is 0.742. The van der Waals surface area contributed by atoms with Crippen LogP contribution < -0.4 is 0 Å². The number of aliphatic carboxylic acids is 1. The summed E-state index contributed by atoms with van der Waals surface area (Å²) in [6.07, 6.45) is 2.50. The minimum atomic E-state index is -0.969. The van der Waals surface area contributed by atoms with Crippen molar-refractivity contribution in [3.63, 3.8) is 0 Å². The second kappa shape index (κ2) is 5.35. The van der Waals surface area contributed by atoms with Crippen molar-refractivity contribution in [1.82, 2.24) is 4.90 Å². The molecule has 0 aliphatic rings. The summed E-state index contributed by atoms with van der Waals surface area (Å²) in [5.74, 6) is -1.21. The Kier molecular flexibility index (Phi) is 4.80. The van der Waals surface area contributed by atoms with E-state index >= 15 is 0 Å². The molecule has 0 aromatic heterocycles. The molecular formula is C9H15NO3. The molecule has 0 aliphatic heterocycles. The molecule has 0 amide bonds. The number of carboxylic acids is 1. The van der Waals surface area contributed by atoms with Crippen LogP contribution in [0.3, 0.4) is 0 Å². The monoisotopic (exact) mass is 185 g/mol. The molecule has 13 heavy (non-hydrogen) atoms. The number of aldehydes is 1. The van der Waals surface area contributed by atoms with Crippen molar-refractivity contribution >= 4 is 12.3 Å². The summed E-state index contributed by atoms with van der Waals surface area (Å²) in [5.41, 5.74) is 0.261. The van der Waals surface area contributed by atoms with E-state index in [0.717, 1.165) is 6.29 Å². The third-order valence-electron chi connectivity index (χ3n) is 1.62. The SMILES string of the molecule is CC(CC=O)/C(=C/N(C)C)C(=O)O. The molecule has 0 saturated heterocycles. The fourth-order valence-electron chi connectivity index (χ4n) is 0.943. The molecule has 0 bridgehead atoms. The number of carbonyl (C=O) groups is 2. The van der Waals surface area contributed by atoms with Gasteiger partial charge in [-0.2, -0.15) is 0 Å². The zero-order valence-corrected chi connectivity index (χ0v) is 8.15. The van der Waals surface area contributed by atoms with Crippen molar-refractivity contribution < 1.29 is 14.7 Å². The van der Waals surface area contributed by atoms with Crippen LogP contribution in [0.2, 0.25) is 0 Å². The van der Waals surface area contributed by atoms with E-state index in [2.05, 4.69) is 0 Å². The van der Waals surface area contributed by atoms with E-state index in [-0.39, 0.29) is 17.9 Å². The van der Waals surface area contributed by atoms with Gasteiger partial charge < -0.3 is 14.8 Å². The number of nitrogens with zero attached hydrogens (tertiary/aromatic N) is 1. The first-order chi connectivity index (χ1) is 5.99. The van der Waals surface area contributed by atoms with Crippen LogP contribution in [0.5, 0.6) is 0 Å². The van der Waals surface area contributed by atoms with Crippen molar-refractivity contribution in [2.24, 2.45) is 5.92 Å². The highest BCUT2D eigenvalue weighted by atomic mass is 16.4. The van der Waals surface area contributed by atoms with Crippen LogP contribution in [0.4, 0.5) is 0 Å². The van der Waals surface area contributed by atoms with Crippen LogP contribution in [0.15, 0.2) is 11.8 Å². The van der Waals surface area contributed by atoms with Gasteiger partial charge in [0.1, 0.15) is 6.29 Å². The maximum atomic E-state index is 10.7. The first-order valence-corrected chi connectivity index (χ1v) is 4.04. The Morgan fingerprint density at radius 3 is 2.38 bits per heavy atom. The highest BCUT2D eigenvalue weighted by molar-refractivity contribution is 5.87. The number of hydrogen-bond donors (Lipinski definition) is 1. The molecule has 0 aromatic carbocycles. The van der Waals surface area contributed by atoms with Gasteiger partial charge in [0, 0.05) is 26.7 Å². The van der Waals surface area contributed by atoms with E-state index in [1.54, 1.807) is 25.9 Å². The molecule has 0 aromatic rings. The fraction of sp³-hybridized carbons (Fsp3) is 0.556. The molecule has 0 spiro atoms. The average Bonchev–Trinajstić information content (AvgIpc) is 1.99. The van der Waals surface area contributed by atoms with E-state index in [1.807, 2.05) is 0 Å². The van der Waals surface area contributed by atoms with E-state index < -0.39 is 5.97 Å². The Bertz CT molecular complexity index is 221. The van der Waals surface area contributed by atoms with Crippen LogP contribution in [0.1, 0.15) is 13.3 Å². The highest BCUT2D eigenvalue weighted by Gasteiger charge is 2.15. The lowest BCUT2D eigenvalue weighted by atomic mass is 9.99. The Labute approximate surface area is 77.8 Å². The highest BCUT2D eigenvalue weighted by Crippen LogP contribution is 2.13. The van der Waals surface area contributed by atoms with Crippen molar-refractivity contribution in [3.8, 4) is 0 Å². The lowest BCUT2D eigenvalue weighted by Crippen LogP contribution is -2.15. The molecule has 0 heterocycles. The smallest absolute Gasteiger partial charge is 0.333 e. The summed E-state index contributed by atoms with van der Waals surface area (Å²) in [6, 6.07) is 0. The minimum Gasteiger partial charge on any atom is -0.478 e. The van der Waals surface area contributed by atoms with Crippen LogP contribution in [0.25, 0.3) is 0 Å². The van der Waals surface area contributed by atoms with Crippen LogP contribution in [-0.2, 0) is 9.59 Å². The van der Waals surface area contributed by atoms with Gasteiger partial charge in [-0.3, -0.25) is 0 Å². The molecule has 1 N–H and O–H groups in total. The first-order valence-electron chi connectivity index (χ1n) is 4.04. The summed E-state index contributed by atoms with van der Waals surface area (Å²) in [6.45, 7) is 1.72. The third kappa shape index (κ3) is 4.30. The van der Waals surface area contributed by atoms with Crippen molar-refractivity contribution in [1.29, 1.82) is 0 Å². The van der Waals surface area contributed by atoms with E-state index in [0.29, 0.717) is 0 Å². The van der Waals surface area contributed by atoms with Crippen molar-refractivity contribution in [2.45, 2.75) is 13.3 Å². The Morgan fingerprint density at radius 2 is 2.08 bits per heavy atom. The number of carbonyl (C=O) groups excluding carboxylic acids is 1. The van der Waals surface area contributed by atoms with Gasteiger partial charge in [0.15, 0.2) is 0 Å². The number of rotatable bonds is 5. The lowest BCUT2D eigenvalue weighted by Gasteiger charge is -2.12. The number of hydrogen-bond acceptors (Lipinski definition) is 3. The van der Waals surface area contributed by atoms with Crippen LogP contribution in [-0.4, -0.2) is 36.4 Å².